The lowest BCUT2D eigenvalue weighted by atomic mass is 10.2. The Kier molecular flexibility index (Phi) is 5.89. The number of carbonyl (C=O) groups is 1. The van der Waals surface area contributed by atoms with Crippen molar-refractivity contribution in [3.63, 3.8) is 0 Å². The fourth-order valence-corrected chi connectivity index (χ4v) is 3.16. The molecule has 0 bridgehead atoms. The molecule has 5 heteroatoms. The molecule has 0 radical (unpaired) electrons. The van der Waals surface area contributed by atoms with Crippen LogP contribution in [0.1, 0.15) is 31.1 Å². The van der Waals surface area contributed by atoms with Crippen LogP contribution in [0.4, 0.5) is 10.1 Å². The van der Waals surface area contributed by atoms with Gasteiger partial charge in [0.15, 0.2) is 0 Å². The zero-order valence-corrected chi connectivity index (χ0v) is 16.8. The van der Waals surface area contributed by atoms with Crippen molar-refractivity contribution in [2.75, 3.05) is 4.90 Å². The molecule has 0 saturated heterocycles. The molecule has 3 nitrogen and oxygen atoms in total. The first-order chi connectivity index (χ1) is 12.2. The van der Waals surface area contributed by atoms with Crippen LogP contribution in [-0.4, -0.2) is 14.2 Å². The summed E-state index contributed by atoms with van der Waals surface area (Å²) < 4.78 is 19.2. The first kappa shape index (κ1) is 19.7. The summed E-state index contributed by atoms with van der Waals surface area (Å²) in [4.78, 5) is 14.0. The molecule has 0 aromatic heterocycles. The number of hydrogen-bond acceptors (Lipinski definition) is 2. The van der Waals surface area contributed by atoms with E-state index < -0.39 is 14.2 Å². The summed E-state index contributed by atoms with van der Waals surface area (Å²) in [6, 6.07) is 18.1. The van der Waals surface area contributed by atoms with E-state index in [1.165, 1.54) is 6.17 Å². The lowest BCUT2D eigenvalue weighted by Crippen LogP contribution is -2.44. The fraction of sp³-hybridized carbons (Fsp3) is 0.286. The van der Waals surface area contributed by atoms with Gasteiger partial charge in [0.1, 0.15) is 11.9 Å². The Balaban J connectivity index is 2.48. The Hall–Kier alpha value is -2.58. The minimum absolute atomic E-state index is 0.0137. The molecule has 0 atom stereocenters. The molecule has 0 spiro atoms. The van der Waals surface area contributed by atoms with Crippen LogP contribution in [0.5, 0.6) is 5.75 Å². The predicted octanol–water partition coefficient (Wildman–Crippen LogP) is 5.61. The lowest BCUT2D eigenvalue weighted by molar-refractivity contribution is 0.0999. The number of anilines is 1. The molecule has 26 heavy (non-hydrogen) atoms. The van der Waals surface area contributed by atoms with Crippen molar-refractivity contribution < 1.29 is 13.6 Å². The van der Waals surface area contributed by atoms with E-state index in [4.69, 9.17) is 4.43 Å². The minimum Gasteiger partial charge on any atom is -0.542 e. The molecule has 0 saturated carbocycles. The van der Waals surface area contributed by atoms with E-state index in [0.717, 1.165) is 4.90 Å². The molecule has 0 fully saturated rings. The average Bonchev–Trinajstić information content (AvgIpc) is 2.59. The predicted molar refractivity (Wildman–Crippen MR) is 106 cm³/mol. The number of halogens is 1. The molecule has 136 valence electrons. The van der Waals surface area contributed by atoms with Gasteiger partial charge in [-0.3, -0.25) is 4.79 Å². The Morgan fingerprint density at radius 2 is 1.62 bits per heavy atom. The zero-order chi connectivity index (χ0) is 19.4. The second-order valence-corrected chi connectivity index (χ2v) is 12.3. The van der Waals surface area contributed by atoms with Crippen LogP contribution in [0.2, 0.25) is 18.1 Å². The van der Waals surface area contributed by atoms with E-state index in [0.29, 0.717) is 17.0 Å². The van der Waals surface area contributed by atoms with Gasteiger partial charge in [-0.05, 0) is 42.4 Å². The van der Waals surface area contributed by atoms with Crippen molar-refractivity contribution in [3.05, 3.63) is 60.2 Å². The van der Waals surface area contributed by atoms with Gasteiger partial charge in [-0.1, -0.05) is 51.1 Å². The van der Waals surface area contributed by atoms with Crippen molar-refractivity contribution in [2.24, 2.45) is 0 Å². The molecule has 0 unspecified atom stereocenters. The summed E-state index contributed by atoms with van der Waals surface area (Å²) >= 11 is 0. The van der Waals surface area contributed by atoms with Gasteiger partial charge in [0, 0.05) is 5.56 Å². The molecule has 0 N–H and O–H groups in total. The van der Waals surface area contributed by atoms with Crippen LogP contribution in [0, 0.1) is 12.2 Å². The van der Waals surface area contributed by atoms with Gasteiger partial charge in [-0.2, -0.15) is 0 Å². The van der Waals surface area contributed by atoms with E-state index in [1.54, 1.807) is 42.5 Å². The summed E-state index contributed by atoms with van der Waals surface area (Å²) in [5, 5.41) is -0.0137. The Morgan fingerprint density at radius 3 is 2.19 bits per heavy atom. The lowest BCUT2D eigenvalue weighted by Gasteiger charge is -2.37. The maximum Gasteiger partial charge on any atom is 0.270 e. The highest BCUT2D eigenvalue weighted by Crippen LogP contribution is 2.40. The fourth-order valence-electron chi connectivity index (χ4n) is 2.13. The molecule has 0 aliphatic rings. The van der Waals surface area contributed by atoms with E-state index in [2.05, 4.69) is 39.9 Å². The van der Waals surface area contributed by atoms with Crippen molar-refractivity contribution in [1.82, 2.24) is 0 Å². The SMILES string of the molecule is CC(C)(C)[Si](C)(C)Oc1ccccc1N(C#CF)C(=O)c1ccccc1. The first-order valence-electron chi connectivity index (χ1n) is 8.46. The van der Waals surface area contributed by atoms with Crippen molar-refractivity contribution in [1.29, 1.82) is 0 Å². The van der Waals surface area contributed by atoms with E-state index >= 15 is 0 Å². The molecule has 0 aliphatic carbocycles. The second-order valence-electron chi connectivity index (χ2n) is 7.54. The van der Waals surface area contributed by atoms with Gasteiger partial charge >= 0.3 is 0 Å². The quantitative estimate of drug-likeness (QED) is 0.398. The van der Waals surface area contributed by atoms with Crippen LogP contribution < -0.4 is 9.33 Å². The largest absolute Gasteiger partial charge is 0.542 e. The van der Waals surface area contributed by atoms with E-state index in [1.807, 2.05) is 12.1 Å². The summed E-state index contributed by atoms with van der Waals surface area (Å²) in [5.74, 6) is 0.133. The highest BCUT2D eigenvalue weighted by Gasteiger charge is 2.39. The van der Waals surface area contributed by atoms with E-state index in [9.17, 15) is 9.18 Å². The molecule has 2 aromatic carbocycles. The van der Waals surface area contributed by atoms with Crippen LogP contribution in [0.25, 0.3) is 0 Å². The number of benzene rings is 2. The average molecular weight is 370 g/mol. The molecule has 2 rings (SSSR count). The van der Waals surface area contributed by atoms with Gasteiger partial charge in [0.05, 0.1) is 11.7 Å². The van der Waals surface area contributed by atoms with Gasteiger partial charge in [0.25, 0.3) is 14.2 Å². The van der Waals surface area contributed by atoms with Gasteiger partial charge in [-0.15, -0.1) is 4.39 Å². The van der Waals surface area contributed by atoms with E-state index in [-0.39, 0.29) is 5.04 Å². The third-order valence-electron chi connectivity index (χ3n) is 4.66. The molecular weight excluding hydrogens is 345 g/mol. The summed E-state index contributed by atoms with van der Waals surface area (Å²) in [6.45, 7) is 10.6. The third-order valence-corrected chi connectivity index (χ3v) is 9.00. The summed E-state index contributed by atoms with van der Waals surface area (Å²) in [7, 11) is -2.14. The topological polar surface area (TPSA) is 29.5 Å². The Morgan fingerprint density at radius 1 is 1.04 bits per heavy atom. The van der Waals surface area contributed by atoms with Crippen molar-refractivity contribution >= 4 is 19.9 Å². The zero-order valence-electron chi connectivity index (χ0n) is 15.8. The normalized spacial score (nSPS) is 11.3. The monoisotopic (exact) mass is 369 g/mol. The molecular formula is C21H24FNO2Si. The molecule has 2 aromatic rings. The highest BCUT2D eigenvalue weighted by atomic mass is 28.4. The van der Waals surface area contributed by atoms with Gasteiger partial charge < -0.3 is 4.43 Å². The molecule has 0 heterocycles. The van der Waals surface area contributed by atoms with Crippen molar-refractivity contribution in [2.45, 2.75) is 38.9 Å². The van der Waals surface area contributed by atoms with Crippen LogP contribution in [0.3, 0.4) is 0 Å². The van der Waals surface area contributed by atoms with Crippen molar-refractivity contribution in [3.8, 4) is 18.0 Å². The number of hydrogen-bond donors (Lipinski definition) is 0. The first-order valence-corrected chi connectivity index (χ1v) is 11.4. The van der Waals surface area contributed by atoms with Crippen LogP contribution in [0.15, 0.2) is 54.6 Å². The van der Waals surface area contributed by atoms with Gasteiger partial charge in [0.2, 0.25) is 0 Å². The Bertz CT molecular complexity index is 832. The number of amides is 1. The molecule has 1 amide bonds. The number of rotatable bonds is 4. The Labute approximate surface area is 155 Å². The minimum atomic E-state index is -2.14. The van der Waals surface area contributed by atoms with Gasteiger partial charge in [-0.25, -0.2) is 4.90 Å². The number of carbonyl (C=O) groups excluding carboxylic acids is 1. The number of para-hydroxylation sites is 2. The van der Waals surface area contributed by atoms with Crippen LogP contribution in [-0.2, 0) is 0 Å². The second kappa shape index (κ2) is 7.75. The number of nitrogens with zero attached hydrogens (tertiary/aromatic N) is 1. The third kappa shape index (κ3) is 4.33. The maximum atomic E-state index is 12.9. The molecule has 0 aliphatic heterocycles. The highest BCUT2D eigenvalue weighted by molar-refractivity contribution is 6.74. The van der Waals surface area contributed by atoms with Crippen LogP contribution >= 0.6 is 0 Å². The standard InChI is InChI=1S/C21H24FNO2Si/c1-21(2,3)26(4,5)25-19-14-10-9-13-18(19)23(16-15-22)20(24)17-11-7-6-8-12-17/h6-14H,1-5H3. The maximum absolute atomic E-state index is 12.9. The summed E-state index contributed by atoms with van der Waals surface area (Å²) in [6.07, 6.45) is 1.35. The smallest absolute Gasteiger partial charge is 0.270 e. The summed E-state index contributed by atoms with van der Waals surface area (Å²) in [5.41, 5.74) is 0.869.